The van der Waals surface area contributed by atoms with E-state index in [9.17, 15) is 5.11 Å². The van der Waals surface area contributed by atoms with Crippen molar-refractivity contribution < 1.29 is 14.3 Å². The Labute approximate surface area is 115 Å². The van der Waals surface area contributed by atoms with Gasteiger partial charge in [-0.25, -0.2) is 4.68 Å². The normalized spacial score (nSPS) is 10.7. The molecule has 0 fully saturated rings. The third-order valence-corrected chi connectivity index (χ3v) is 2.96. The standard InChI is InChI=1S/C14H13N3O3/c1-19-11-6-4-10(5-7-11)17-14(12(9-18)15-16-17)13-3-2-8-20-13/h2-8,18H,9H2,1H3. The fourth-order valence-corrected chi connectivity index (χ4v) is 1.98. The minimum absolute atomic E-state index is 0.202. The molecule has 0 spiro atoms. The average molecular weight is 271 g/mol. The van der Waals surface area contributed by atoms with Crippen LogP contribution in [0.4, 0.5) is 0 Å². The van der Waals surface area contributed by atoms with Crippen LogP contribution in [0.3, 0.4) is 0 Å². The number of rotatable bonds is 4. The van der Waals surface area contributed by atoms with Gasteiger partial charge in [-0.2, -0.15) is 0 Å². The molecule has 1 aromatic carbocycles. The van der Waals surface area contributed by atoms with Crippen LogP contribution in [0.5, 0.6) is 5.75 Å². The fourth-order valence-electron chi connectivity index (χ4n) is 1.98. The molecule has 0 radical (unpaired) electrons. The second-order valence-electron chi connectivity index (χ2n) is 4.13. The highest BCUT2D eigenvalue weighted by molar-refractivity contribution is 5.58. The van der Waals surface area contributed by atoms with E-state index in [4.69, 9.17) is 9.15 Å². The van der Waals surface area contributed by atoms with Gasteiger partial charge in [-0.05, 0) is 36.4 Å². The summed E-state index contributed by atoms with van der Waals surface area (Å²) in [5, 5.41) is 17.4. The van der Waals surface area contributed by atoms with Crippen LogP contribution in [-0.4, -0.2) is 27.2 Å². The molecule has 0 atom stereocenters. The molecule has 0 aliphatic rings. The number of aliphatic hydroxyl groups is 1. The van der Waals surface area contributed by atoms with Gasteiger partial charge >= 0.3 is 0 Å². The van der Waals surface area contributed by atoms with Crippen LogP contribution in [0, 0.1) is 0 Å². The minimum atomic E-state index is -0.202. The lowest BCUT2D eigenvalue weighted by atomic mass is 10.2. The van der Waals surface area contributed by atoms with E-state index in [1.165, 1.54) is 0 Å². The van der Waals surface area contributed by atoms with Crippen LogP contribution < -0.4 is 4.74 Å². The number of ether oxygens (including phenoxy) is 1. The highest BCUT2D eigenvalue weighted by atomic mass is 16.5. The Hall–Kier alpha value is -2.60. The molecule has 3 rings (SSSR count). The highest BCUT2D eigenvalue weighted by Crippen LogP contribution is 2.26. The van der Waals surface area contributed by atoms with Crippen molar-refractivity contribution in [2.24, 2.45) is 0 Å². The molecule has 20 heavy (non-hydrogen) atoms. The number of hydrogen-bond donors (Lipinski definition) is 1. The third-order valence-electron chi connectivity index (χ3n) is 2.96. The summed E-state index contributed by atoms with van der Waals surface area (Å²) in [5.41, 5.74) is 1.92. The first-order valence-corrected chi connectivity index (χ1v) is 6.07. The monoisotopic (exact) mass is 271 g/mol. The van der Waals surface area contributed by atoms with Gasteiger partial charge in [0.05, 0.1) is 25.7 Å². The van der Waals surface area contributed by atoms with E-state index in [1.54, 1.807) is 30.2 Å². The lowest BCUT2D eigenvalue weighted by Gasteiger charge is -2.06. The Morgan fingerprint density at radius 3 is 2.65 bits per heavy atom. The first kappa shape index (κ1) is 12.4. The molecule has 0 aliphatic carbocycles. The smallest absolute Gasteiger partial charge is 0.154 e. The van der Waals surface area contributed by atoms with Crippen molar-refractivity contribution in [1.82, 2.24) is 15.0 Å². The topological polar surface area (TPSA) is 73.3 Å². The molecule has 0 amide bonds. The van der Waals surface area contributed by atoms with Gasteiger partial charge in [0.1, 0.15) is 17.1 Å². The van der Waals surface area contributed by atoms with Gasteiger partial charge in [0, 0.05) is 0 Å². The lowest BCUT2D eigenvalue weighted by Crippen LogP contribution is -1.99. The largest absolute Gasteiger partial charge is 0.497 e. The summed E-state index contributed by atoms with van der Waals surface area (Å²) in [6.07, 6.45) is 1.57. The van der Waals surface area contributed by atoms with Crippen molar-refractivity contribution in [2.45, 2.75) is 6.61 Å². The summed E-state index contributed by atoms with van der Waals surface area (Å²) in [6.45, 7) is -0.202. The predicted molar refractivity (Wildman–Crippen MR) is 71.5 cm³/mol. The number of hydrogen-bond acceptors (Lipinski definition) is 5. The minimum Gasteiger partial charge on any atom is -0.497 e. The average Bonchev–Trinajstić information content (AvgIpc) is 3.15. The van der Waals surface area contributed by atoms with Gasteiger partial charge in [0.2, 0.25) is 0 Å². The van der Waals surface area contributed by atoms with Gasteiger partial charge in [0.25, 0.3) is 0 Å². The molecule has 6 heteroatoms. The zero-order chi connectivity index (χ0) is 13.9. The fraction of sp³-hybridized carbons (Fsp3) is 0.143. The van der Waals surface area contributed by atoms with Crippen molar-refractivity contribution in [2.75, 3.05) is 7.11 Å². The van der Waals surface area contributed by atoms with E-state index >= 15 is 0 Å². The van der Waals surface area contributed by atoms with E-state index in [0.717, 1.165) is 11.4 Å². The lowest BCUT2D eigenvalue weighted by molar-refractivity contribution is 0.277. The molecule has 0 saturated carbocycles. The summed E-state index contributed by atoms with van der Waals surface area (Å²) in [4.78, 5) is 0. The van der Waals surface area contributed by atoms with Crippen molar-refractivity contribution in [3.63, 3.8) is 0 Å². The van der Waals surface area contributed by atoms with Crippen LogP contribution >= 0.6 is 0 Å². The Balaban J connectivity index is 2.11. The molecule has 0 aliphatic heterocycles. The summed E-state index contributed by atoms with van der Waals surface area (Å²) < 4.78 is 12.1. The molecular weight excluding hydrogens is 258 g/mol. The highest BCUT2D eigenvalue weighted by Gasteiger charge is 2.17. The number of aromatic nitrogens is 3. The second kappa shape index (κ2) is 5.18. The Morgan fingerprint density at radius 2 is 2.05 bits per heavy atom. The van der Waals surface area contributed by atoms with Crippen LogP contribution in [0.25, 0.3) is 17.1 Å². The Kier molecular flexibility index (Phi) is 3.22. The maximum atomic E-state index is 9.38. The molecule has 0 unspecified atom stereocenters. The molecule has 2 aromatic heterocycles. The molecule has 0 saturated heterocycles. The summed E-state index contributed by atoms with van der Waals surface area (Å²) in [7, 11) is 1.61. The van der Waals surface area contributed by atoms with Gasteiger partial charge in [0.15, 0.2) is 5.76 Å². The SMILES string of the molecule is COc1ccc(-n2nnc(CO)c2-c2ccco2)cc1. The molecule has 1 N–H and O–H groups in total. The van der Waals surface area contributed by atoms with Gasteiger partial charge in [-0.15, -0.1) is 5.10 Å². The van der Waals surface area contributed by atoms with Crippen molar-refractivity contribution in [3.8, 4) is 22.9 Å². The maximum Gasteiger partial charge on any atom is 0.154 e. The van der Waals surface area contributed by atoms with Crippen LogP contribution in [0.15, 0.2) is 47.1 Å². The van der Waals surface area contributed by atoms with Gasteiger partial charge < -0.3 is 14.3 Å². The third kappa shape index (κ3) is 2.06. The van der Waals surface area contributed by atoms with E-state index in [1.807, 2.05) is 24.3 Å². The van der Waals surface area contributed by atoms with Gasteiger partial charge in [-0.3, -0.25) is 0 Å². The first-order valence-electron chi connectivity index (χ1n) is 6.07. The molecule has 3 aromatic rings. The van der Waals surface area contributed by atoms with E-state index in [-0.39, 0.29) is 6.61 Å². The quantitative estimate of drug-likeness (QED) is 0.786. The van der Waals surface area contributed by atoms with Crippen molar-refractivity contribution >= 4 is 0 Å². The number of benzene rings is 1. The molecule has 0 bridgehead atoms. The Morgan fingerprint density at radius 1 is 1.25 bits per heavy atom. The zero-order valence-corrected chi connectivity index (χ0v) is 10.9. The number of methoxy groups -OCH3 is 1. The molecular formula is C14H13N3O3. The summed E-state index contributed by atoms with van der Waals surface area (Å²) >= 11 is 0. The second-order valence-corrected chi connectivity index (χ2v) is 4.13. The summed E-state index contributed by atoms with van der Waals surface area (Å²) in [6, 6.07) is 11.0. The van der Waals surface area contributed by atoms with E-state index in [2.05, 4.69) is 10.3 Å². The van der Waals surface area contributed by atoms with Crippen LogP contribution in [-0.2, 0) is 6.61 Å². The first-order chi connectivity index (χ1) is 9.83. The molecule has 102 valence electrons. The van der Waals surface area contributed by atoms with Crippen molar-refractivity contribution in [3.05, 3.63) is 48.4 Å². The van der Waals surface area contributed by atoms with Crippen LogP contribution in [0.1, 0.15) is 5.69 Å². The number of aliphatic hydroxyl groups excluding tert-OH is 1. The molecule has 6 nitrogen and oxygen atoms in total. The molecule has 2 heterocycles. The number of nitrogens with zero attached hydrogens (tertiary/aromatic N) is 3. The van der Waals surface area contributed by atoms with Gasteiger partial charge in [-0.1, -0.05) is 5.21 Å². The summed E-state index contributed by atoms with van der Waals surface area (Å²) in [5.74, 6) is 1.37. The zero-order valence-electron chi connectivity index (χ0n) is 10.9. The predicted octanol–water partition coefficient (Wildman–Crippen LogP) is 2.03. The maximum absolute atomic E-state index is 9.38. The Bertz CT molecular complexity index is 687. The van der Waals surface area contributed by atoms with E-state index < -0.39 is 0 Å². The van der Waals surface area contributed by atoms with E-state index in [0.29, 0.717) is 17.1 Å². The van der Waals surface area contributed by atoms with Crippen molar-refractivity contribution in [1.29, 1.82) is 0 Å². The van der Waals surface area contributed by atoms with Crippen LogP contribution in [0.2, 0.25) is 0 Å². The number of furan rings is 1.